The standard InChI is InChI=1S/C37H32O4/c1-23-9-12-25(13-10-23)37(26-14-18-33(39-3)34(21-26)40-4)20-19-30-32-22-27(38-2)15-17-29(32)35-28-8-6-5-7-24(28)11-16-31(35)36(30)41-37/h5-10,12-15,17-22H,11,16H2,1-4H3. The Morgan fingerprint density at radius 3 is 2.27 bits per heavy atom. The second-order valence-electron chi connectivity index (χ2n) is 10.8. The van der Waals surface area contributed by atoms with Crippen molar-refractivity contribution < 1.29 is 18.9 Å². The molecule has 0 N–H and O–H groups in total. The van der Waals surface area contributed by atoms with Gasteiger partial charge < -0.3 is 18.9 Å². The molecule has 0 saturated heterocycles. The van der Waals surface area contributed by atoms with E-state index in [0.717, 1.165) is 46.4 Å². The Labute approximate surface area is 240 Å². The van der Waals surface area contributed by atoms with Crippen LogP contribution in [0.1, 0.15) is 33.4 Å². The second kappa shape index (κ2) is 9.74. The molecule has 0 fully saturated rings. The highest BCUT2D eigenvalue weighted by Crippen LogP contribution is 2.52. The van der Waals surface area contributed by atoms with Crippen LogP contribution < -0.4 is 18.9 Å². The summed E-state index contributed by atoms with van der Waals surface area (Å²) in [5.41, 5.74) is 8.58. The molecular formula is C37H32O4. The number of benzene rings is 5. The van der Waals surface area contributed by atoms with Crippen LogP contribution in [0.15, 0.2) is 91.0 Å². The van der Waals surface area contributed by atoms with E-state index in [1.807, 2.05) is 12.1 Å². The molecule has 0 saturated carbocycles. The quantitative estimate of drug-likeness (QED) is 0.225. The highest BCUT2D eigenvalue weighted by molar-refractivity contribution is 6.07. The van der Waals surface area contributed by atoms with Gasteiger partial charge in [0.1, 0.15) is 11.5 Å². The van der Waals surface area contributed by atoms with Crippen LogP contribution in [0.25, 0.3) is 28.0 Å². The third kappa shape index (κ3) is 3.89. The zero-order chi connectivity index (χ0) is 28.1. The van der Waals surface area contributed by atoms with Crippen molar-refractivity contribution in [2.75, 3.05) is 21.3 Å². The maximum atomic E-state index is 7.38. The van der Waals surface area contributed by atoms with E-state index >= 15 is 0 Å². The minimum absolute atomic E-state index is 0.665. The summed E-state index contributed by atoms with van der Waals surface area (Å²) in [6.07, 6.45) is 6.29. The van der Waals surface area contributed by atoms with E-state index < -0.39 is 5.60 Å². The molecule has 0 bridgehead atoms. The largest absolute Gasteiger partial charge is 0.497 e. The fourth-order valence-electron chi connectivity index (χ4n) is 6.46. The zero-order valence-electron chi connectivity index (χ0n) is 23.8. The predicted molar refractivity (Wildman–Crippen MR) is 165 cm³/mol. The molecule has 4 nitrogen and oxygen atoms in total. The Bertz CT molecular complexity index is 1830. The topological polar surface area (TPSA) is 36.9 Å². The molecule has 1 heterocycles. The Hall–Kier alpha value is -4.70. The number of hydrogen-bond acceptors (Lipinski definition) is 4. The molecule has 5 aromatic carbocycles. The van der Waals surface area contributed by atoms with Crippen LogP contribution in [0.2, 0.25) is 0 Å². The van der Waals surface area contributed by atoms with Crippen LogP contribution in [0, 0.1) is 6.92 Å². The molecule has 0 amide bonds. The summed E-state index contributed by atoms with van der Waals surface area (Å²) in [7, 11) is 5.04. The Kier molecular flexibility index (Phi) is 6.01. The molecular weight excluding hydrogens is 508 g/mol. The number of fused-ring (bicyclic) bond motifs is 8. The van der Waals surface area contributed by atoms with Crippen molar-refractivity contribution >= 4 is 16.8 Å². The predicted octanol–water partition coefficient (Wildman–Crippen LogP) is 8.29. The number of hydrogen-bond donors (Lipinski definition) is 0. The summed E-state index contributed by atoms with van der Waals surface area (Å²) in [5, 5.41) is 2.34. The molecule has 41 heavy (non-hydrogen) atoms. The zero-order valence-corrected chi connectivity index (χ0v) is 23.8. The van der Waals surface area contributed by atoms with Crippen molar-refractivity contribution in [3.05, 3.63) is 124 Å². The van der Waals surface area contributed by atoms with Gasteiger partial charge in [-0.1, -0.05) is 66.2 Å². The van der Waals surface area contributed by atoms with Crippen LogP contribution in [0.3, 0.4) is 0 Å². The minimum atomic E-state index is -0.864. The van der Waals surface area contributed by atoms with Gasteiger partial charge in [-0.05, 0) is 83.6 Å². The monoisotopic (exact) mass is 540 g/mol. The third-order valence-electron chi connectivity index (χ3n) is 8.58. The lowest BCUT2D eigenvalue weighted by atomic mass is 9.78. The summed E-state index contributed by atoms with van der Waals surface area (Å²) < 4.78 is 24.4. The first-order valence-corrected chi connectivity index (χ1v) is 14.0. The van der Waals surface area contributed by atoms with Crippen molar-refractivity contribution in [2.24, 2.45) is 0 Å². The Balaban J connectivity index is 1.54. The van der Waals surface area contributed by atoms with E-state index in [-0.39, 0.29) is 0 Å². The average molecular weight is 541 g/mol. The van der Waals surface area contributed by atoms with E-state index in [0.29, 0.717) is 11.5 Å². The lowest BCUT2D eigenvalue weighted by Gasteiger charge is -2.39. The fourth-order valence-corrected chi connectivity index (χ4v) is 6.46. The number of rotatable bonds is 5. The van der Waals surface area contributed by atoms with Gasteiger partial charge in [-0.25, -0.2) is 0 Å². The lowest BCUT2D eigenvalue weighted by Crippen LogP contribution is -2.35. The van der Waals surface area contributed by atoms with Crippen LogP contribution in [-0.4, -0.2) is 21.3 Å². The summed E-state index contributed by atoms with van der Waals surface area (Å²) in [5.74, 6) is 3.10. The molecule has 1 atom stereocenters. The molecule has 0 radical (unpaired) electrons. The molecule has 204 valence electrons. The summed E-state index contributed by atoms with van der Waals surface area (Å²) in [6, 6.07) is 29.8. The molecule has 0 aromatic heterocycles. The van der Waals surface area contributed by atoms with Crippen molar-refractivity contribution in [1.29, 1.82) is 0 Å². The van der Waals surface area contributed by atoms with Gasteiger partial charge >= 0.3 is 0 Å². The fraction of sp³-hybridized carbons (Fsp3) is 0.189. The molecule has 1 unspecified atom stereocenters. The van der Waals surface area contributed by atoms with Gasteiger partial charge in [-0.15, -0.1) is 0 Å². The first kappa shape index (κ1) is 25.3. The normalized spacial score (nSPS) is 16.8. The summed E-state index contributed by atoms with van der Waals surface area (Å²) in [6.45, 7) is 2.10. The van der Waals surface area contributed by atoms with Gasteiger partial charge in [0.2, 0.25) is 0 Å². The molecule has 1 aliphatic heterocycles. The maximum absolute atomic E-state index is 7.38. The number of ether oxygens (including phenoxy) is 4. The van der Waals surface area contributed by atoms with Crippen molar-refractivity contribution in [1.82, 2.24) is 0 Å². The van der Waals surface area contributed by atoms with Gasteiger partial charge in [0.15, 0.2) is 17.1 Å². The third-order valence-corrected chi connectivity index (χ3v) is 8.58. The lowest BCUT2D eigenvalue weighted by molar-refractivity contribution is 0.159. The highest BCUT2D eigenvalue weighted by atomic mass is 16.5. The smallest absolute Gasteiger partial charge is 0.178 e. The molecule has 7 rings (SSSR count). The van der Waals surface area contributed by atoms with Crippen molar-refractivity contribution in [3.63, 3.8) is 0 Å². The maximum Gasteiger partial charge on any atom is 0.178 e. The van der Waals surface area contributed by atoms with E-state index in [2.05, 4.69) is 91.9 Å². The minimum Gasteiger partial charge on any atom is -0.497 e. The number of aryl methyl sites for hydroxylation is 2. The highest BCUT2D eigenvalue weighted by Gasteiger charge is 2.40. The molecule has 1 aliphatic carbocycles. The summed E-state index contributed by atoms with van der Waals surface area (Å²) >= 11 is 0. The second-order valence-corrected chi connectivity index (χ2v) is 10.8. The average Bonchev–Trinajstić information content (AvgIpc) is 3.03. The Morgan fingerprint density at radius 1 is 0.707 bits per heavy atom. The molecule has 4 heteroatoms. The van der Waals surface area contributed by atoms with Gasteiger partial charge in [0.25, 0.3) is 0 Å². The van der Waals surface area contributed by atoms with Crippen molar-refractivity contribution in [2.45, 2.75) is 25.4 Å². The van der Waals surface area contributed by atoms with Gasteiger partial charge in [0.05, 0.1) is 21.3 Å². The summed E-state index contributed by atoms with van der Waals surface area (Å²) in [4.78, 5) is 0. The Morgan fingerprint density at radius 2 is 1.49 bits per heavy atom. The van der Waals surface area contributed by atoms with E-state index in [1.54, 1.807) is 21.3 Å². The van der Waals surface area contributed by atoms with Gasteiger partial charge in [-0.2, -0.15) is 0 Å². The van der Waals surface area contributed by atoms with Crippen molar-refractivity contribution in [3.8, 4) is 34.1 Å². The van der Waals surface area contributed by atoms with Crippen LogP contribution >= 0.6 is 0 Å². The van der Waals surface area contributed by atoms with Crippen LogP contribution in [0.4, 0.5) is 0 Å². The van der Waals surface area contributed by atoms with Gasteiger partial charge in [0, 0.05) is 22.3 Å². The molecule has 0 spiro atoms. The van der Waals surface area contributed by atoms with E-state index in [1.165, 1.54) is 33.2 Å². The van der Waals surface area contributed by atoms with E-state index in [9.17, 15) is 0 Å². The number of methoxy groups -OCH3 is 3. The first-order chi connectivity index (χ1) is 20.1. The molecule has 2 aliphatic rings. The first-order valence-electron chi connectivity index (χ1n) is 14.0. The van der Waals surface area contributed by atoms with Gasteiger partial charge in [-0.3, -0.25) is 0 Å². The van der Waals surface area contributed by atoms with Crippen LogP contribution in [0.5, 0.6) is 23.0 Å². The van der Waals surface area contributed by atoms with E-state index in [4.69, 9.17) is 18.9 Å². The molecule has 5 aromatic rings. The van der Waals surface area contributed by atoms with Crippen LogP contribution in [-0.2, 0) is 18.4 Å². The SMILES string of the molecule is COc1ccc2c3c(c4c(c2c1)C=CC(c1ccc(C)cc1)(c1ccc(OC)c(OC)c1)O4)CCc1ccccc1-3.